The average molecular weight is 328 g/mol. The van der Waals surface area contributed by atoms with Gasteiger partial charge in [-0.3, -0.25) is 4.79 Å². The summed E-state index contributed by atoms with van der Waals surface area (Å²) in [5.41, 5.74) is -0.186. The van der Waals surface area contributed by atoms with Gasteiger partial charge in [-0.1, -0.05) is 26.0 Å². The third kappa shape index (κ3) is 4.70. The van der Waals surface area contributed by atoms with E-state index in [-0.39, 0.29) is 17.7 Å². The summed E-state index contributed by atoms with van der Waals surface area (Å²) in [6.45, 7) is 5.39. The lowest BCUT2D eigenvalue weighted by molar-refractivity contribution is -0.137. The number of carbonyl (C=O) groups excluding carboxylic acids is 1. The third-order valence-corrected chi connectivity index (χ3v) is 4.25. The molecule has 1 amide bonds. The zero-order chi connectivity index (χ0) is 17.0. The molecule has 128 valence electrons. The normalized spacial score (nSPS) is 18.0. The van der Waals surface area contributed by atoms with Gasteiger partial charge in [0.05, 0.1) is 11.6 Å². The summed E-state index contributed by atoms with van der Waals surface area (Å²) in [5.74, 6) is -0.130. The molecule has 1 heterocycles. The number of alkyl halides is 3. The van der Waals surface area contributed by atoms with Crippen molar-refractivity contribution in [3.05, 3.63) is 35.4 Å². The summed E-state index contributed by atoms with van der Waals surface area (Å²) < 4.78 is 38.7. The molecule has 1 atom stereocenters. The molecule has 2 N–H and O–H groups in total. The first-order chi connectivity index (χ1) is 10.8. The number of nitrogens with one attached hydrogen (secondary N) is 2. The Hall–Kier alpha value is -1.56. The second kappa shape index (κ2) is 7.34. The number of hydrogen-bond acceptors (Lipinski definition) is 2. The number of benzene rings is 1. The first-order valence-corrected chi connectivity index (χ1v) is 7.97. The van der Waals surface area contributed by atoms with Crippen molar-refractivity contribution in [3.63, 3.8) is 0 Å². The van der Waals surface area contributed by atoms with Gasteiger partial charge in [-0.25, -0.2) is 0 Å². The van der Waals surface area contributed by atoms with E-state index in [1.807, 2.05) is 13.8 Å². The lowest BCUT2D eigenvalue weighted by atomic mass is 9.92. The van der Waals surface area contributed by atoms with Crippen molar-refractivity contribution < 1.29 is 18.0 Å². The minimum Gasteiger partial charge on any atom is -0.349 e. The molecule has 0 aliphatic carbocycles. The van der Waals surface area contributed by atoms with Crippen molar-refractivity contribution in [1.29, 1.82) is 0 Å². The van der Waals surface area contributed by atoms with Crippen LogP contribution >= 0.6 is 0 Å². The Labute approximate surface area is 134 Å². The van der Waals surface area contributed by atoms with Gasteiger partial charge in [0.2, 0.25) is 5.91 Å². The molecule has 0 spiro atoms. The van der Waals surface area contributed by atoms with Crippen LogP contribution in [0.5, 0.6) is 0 Å². The number of amides is 1. The summed E-state index contributed by atoms with van der Waals surface area (Å²) in [6.07, 6.45) is -2.85. The molecule has 1 aliphatic heterocycles. The van der Waals surface area contributed by atoms with Gasteiger partial charge in [-0.2, -0.15) is 13.2 Å². The topological polar surface area (TPSA) is 41.1 Å². The maximum Gasteiger partial charge on any atom is 0.416 e. The Morgan fingerprint density at radius 2 is 1.91 bits per heavy atom. The minimum absolute atomic E-state index is 0.00384. The lowest BCUT2D eigenvalue weighted by Gasteiger charge is -2.28. The monoisotopic (exact) mass is 328 g/mol. The molecule has 0 radical (unpaired) electrons. The highest BCUT2D eigenvalue weighted by atomic mass is 19.4. The lowest BCUT2D eigenvalue weighted by Crippen LogP contribution is -2.40. The van der Waals surface area contributed by atoms with Gasteiger partial charge in [0, 0.05) is 5.92 Å². The van der Waals surface area contributed by atoms with Gasteiger partial charge in [0.15, 0.2) is 0 Å². The van der Waals surface area contributed by atoms with Crippen LogP contribution in [0.25, 0.3) is 0 Å². The molecule has 1 saturated heterocycles. The number of rotatable bonds is 4. The molecule has 6 heteroatoms. The van der Waals surface area contributed by atoms with Crippen molar-refractivity contribution >= 4 is 5.91 Å². The Bertz CT molecular complexity index is 537. The number of hydrogen-bond donors (Lipinski definition) is 2. The van der Waals surface area contributed by atoms with Crippen LogP contribution in [0.4, 0.5) is 13.2 Å². The smallest absolute Gasteiger partial charge is 0.349 e. The van der Waals surface area contributed by atoms with Crippen molar-refractivity contribution in [2.45, 2.75) is 38.9 Å². The highest BCUT2D eigenvalue weighted by molar-refractivity contribution is 5.79. The van der Waals surface area contributed by atoms with Crippen LogP contribution in [-0.2, 0) is 11.0 Å². The van der Waals surface area contributed by atoms with E-state index in [1.54, 1.807) is 6.07 Å². The second-order valence-electron chi connectivity index (χ2n) is 6.38. The standard InChI is InChI=1S/C17H23F3N2O/c1-11(2)15(22-16(23)12-6-8-21-9-7-12)13-4-3-5-14(10-13)17(18,19)20/h3-5,10-12,15,21H,6-9H2,1-2H3,(H,22,23). The third-order valence-electron chi connectivity index (χ3n) is 4.25. The molecule has 0 aromatic heterocycles. The molecule has 1 aliphatic rings. The molecule has 2 rings (SSSR count). The summed E-state index contributed by atoms with van der Waals surface area (Å²) in [5, 5.41) is 6.14. The molecule has 23 heavy (non-hydrogen) atoms. The van der Waals surface area contributed by atoms with Crippen molar-refractivity contribution in [3.8, 4) is 0 Å². The first kappa shape index (κ1) is 17.8. The van der Waals surface area contributed by atoms with E-state index in [9.17, 15) is 18.0 Å². The maximum absolute atomic E-state index is 12.9. The largest absolute Gasteiger partial charge is 0.416 e. The zero-order valence-corrected chi connectivity index (χ0v) is 13.4. The molecule has 1 fully saturated rings. The zero-order valence-electron chi connectivity index (χ0n) is 13.4. The second-order valence-corrected chi connectivity index (χ2v) is 6.38. The molecule has 1 aromatic rings. The quantitative estimate of drug-likeness (QED) is 0.888. The van der Waals surface area contributed by atoms with Crippen LogP contribution < -0.4 is 10.6 Å². The van der Waals surface area contributed by atoms with Crippen LogP contribution in [0.2, 0.25) is 0 Å². The van der Waals surface area contributed by atoms with Crippen molar-refractivity contribution in [2.75, 3.05) is 13.1 Å². The molecule has 3 nitrogen and oxygen atoms in total. The Morgan fingerprint density at radius 1 is 1.26 bits per heavy atom. The molecular weight excluding hydrogens is 305 g/mol. The summed E-state index contributed by atoms with van der Waals surface area (Å²) in [7, 11) is 0. The van der Waals surface area contributed by atoms with Crippen LogP contribution in [-0.4, -0.2) is 19.0 Å². The Morgan fingerprint density at radius 3 is 2.48 bits per heavy atom. The fraction of sp³-hybridized carbons (Fsp3) is 0.588. The van der Waals surface area contributed by atoms with E-state index in [4.69, 9.17) is 0 Å². The highest BCUT2D eigenvalue weighted by Gasteiger charge is 2.32. The van der Waals surface area contributed by atoms with Gasteiger partial charge < -0.3 is 10.6 Å². The van der Waals surface area contributed by atoms with Crippen molar-refractivity contribution in [2.24, 2.45) is 11.8 Å². The fourth-order valence-electron chi connectivity index (χ4n) is 2.90. The Balaban J connectivity index is 2.16. The summed E-state index contributed by atoms with van der Waals surface area (Å²) in [6, 6.07) is 4.80. The predicted octanol–water partition coefficient (Wildman–Crippen LogP) is 3.52. The number of halogens is 3. The van der Waals surface area contributed by atoms with Crippen LogP contribution in [0.3, 0.4) is 0 Å². The summed E-state index contributed by atoms with van der Waals surface area (Å²) >= 11 is 0. The SMILES string of the molecule is CC(C)C(NC(=O)C1CCNCC1)c1cccc(C(F)(F)F)c1. The maximum atomic E-state index is 12.9. The van der Waals surface area contributed by atoms with Gasteiger partial charge in [-0.15, -0.1) is 0 Å². The molecule has 0 bridgehead atoms. The van der Waals surface area contributed by atoms with E-state index in [2.05, 4.69) is 10.6 Å². The predicted molar refractivity (Wildman–Crippen MR) is 82.8 cm³/mol. The van der Waals surface area contributed by atoms with E-state index in [1.165, 1.54) is 6.07 Å². The van der Waals surface area contributed by atoms with Gasteiger partial charge in [-0.05, 0) is 49.5 Å². The van der Waals surface area contributed by atoms with E-state index < -0.39 is 17.8 Å². The minimum atomic E-state index is -4.38. The van der Waals surface area contributed by atoms with E-state index in [0.717, 1.165) is 38.1 Å². The highest BCUT2D eigenvalue weighted by Crippen LogP contribution is 2.32. The molecule has 0 saturated carbocycles. The van der Waals surface area contributed by atoms with Crippen LogP contribution in [0, 0.1) is 11.8 Å². The van der Waals surface area contributed by atoms with E-state index in [0.29, 0.717) is 5.56 Å². The molecular formula is C17H23F3N2O. The fourth-order valence-corrected chi connectivity index (χ4v) is 2.90. The van der Waals surface area contributed by atoms with Crippen LogP contribution in [0.1, 0.15) is 43.9 Å². The van der Waals surface area contributed by atoms with Gasteiger partial charge in [0.1, 0.15) is 0 Å². The van der Waals surface area contributed by atoms with E-state index >= 15 is 0 Å². The number of carbonyl (C=O) groups is 1. The molecule has 1 unspecified atom stereocenters. The van der Waals surface area contributed by atoms with Crippen LogP contribution in [0.15, 0.2) is 24.3 Å². The molecule has 1 aromatic carbocycles. The van der Waals surface area contributed by atoms with Crippen molar-refractivity contribution in [1.82, 2.24) is 10.6 Å². The average Bonchev–Trinajstić information content (AvgIpc) is 2.52. The Kier molecular flexibility index (Phi) is 5.68. The van der Waals surface area contributed by atoms with Gasteiger partial charge in [0.25, 0.3) is 0 Å². The summed E-state index contributed by atoms with van der Waals surface area (Å²) in [4.78, 5) is 12.4. The number of piperidine rings is 1. The van der Waals surface area contributed by atoms with Gasteiger partial charge >= 0.3 is 6.18 Å². The first-order valence-electron chi connectivity index (χ1n) is 7.97.